The van der Waals surface area contributed by atoms with Crippen LogP contribution >= 0.6 is 0 Å². The van der Waals surface area contributed by atoms with Crippen LogP contribution in [0.15, 0.2) is 33.5 Å². The molecule has 1 fully saturated rings. The highest BCUT2D eigenvalue weighted by Crippen LogP contribution is 2.22. The van der Waals surface area contributed by atoms with Crippen molar-refractivity contribution in [1.82, 2.24) is 9.80 Å². The molecule has 6 heteroatoms. The molecule has 1 aliphatic heterocycles. The molecule has 0 bridgehead atoms. The van der Waals surface area contributed by atoms with Crippen molar-refractivity contribution in [2.45, 2.75) is 6.92 Å². The van der Waals surface area contributed by atoms with Crippen LogP contribution in [-0.2, 0) is 4.79 Å². The van der Waals surface area contributed by atoms with Crippen LogP contribution in [0.2, 0.25) is 0 Å². The lowest BCUT2D eigenvalue weighted by Gasteiger charge is -2.32. The van der Waals surface area contributed by atoms with E-state index in [0.29, 0.717) is 11.3 Å². The number of amides is 1. The zero-order chi connectivity index (χ0) is 16.4. The number of fused-ring (bicyclic) bond motifs is 1. The van der Waals surface area contributed by atoms with Gasteiger partial charge in [0, 0.05) is 43.7 Å². The molecule has 1 saturated heterocycles. The number of nitrogens with zero attached hydrogens (tertiary/aromatic N) is 2. The first kappa shape index (κ1) is 15.6. The van der Waals surface area contributed by atoms with E-state index in [2.05, 4.69) is 4.90 Å². The quantitative estimate of drug-likeness (QED) is 0.798. The van der Waals surface area contributed by atoms with Crippen LogP contribution in [0.3, 0.4) is 0 Å². The Hall–Kier alpha value is -2.34. The summed E-state index contributed by atoms with van der Waals surface area (Å²) < 4.78 is 10.8. The lowest BCUT2D eigenvalue weighted by molar-refractivity contribution is -0.134. The van der Waals surface area contributed by atoms with E-state index in [4.69, 9.17) is 9.15 Å². The Bertz CT molecular complexity index is 776. The zero-order valence-corrected chi connectivity index (χ0v) is 13.4. The summed E-state index contributed by atoms with van der Waals surface area (Å²) in [5.41, 5.74) is 0.941. The molecule has 0 aliphatic carbocycles. The van der Waals surface area contributed by atoms with Crippen LogP contribution in [0.1, 0.15) is 5.56 Å². The molecule has 2 heterocycles. The van der Waals surface area contributed by atoms with E-state index >= 15 is 0 Å². The van der Waals surface area contributed by atoms with Crippen molar-refractivity contribution in [3.8, 4) is 5.75 Å². The predicted molar refractivity (Wildman–Crippen MR) is 86.8 cm³/mol. The first-order valence-corrected chi connectivity index (χ1v) is 7.66. The van der Waals surface area contributed by atoms with Crippen molar-refractivity contribution < 1.29 is 13.9 Å². The topological polar surface area (TPSA) is 63.0 Å². The number of hydrogen-bond donors (Lipinski definition) is 0. The molecule has 0 saturated carbocycles. The molecule has 0 unspecified atom stereocenters. The third-order valence-electron chi connectivity index (χ3n) is 4.14. The van der Waals surface area contributed by atoms with E-state index in [0.717, 1.165) is 37.1 Å². The molecule has 0 N–H and O–H groups in total. The molecule has 2 aromatic rings. The average molecular weight is 316 g/mol. The van der Waals surface area contributed by atoms with E-state index in [1.807, 2.05) is 24.9 Å². The average Bonchev–Trinajstić information content (AvgIpc) is 2.52. The molecule has 0 atom stereocenters. The molecule has 6 nitrogen and oxygen atoms in total. The normalized spacial score (nSPS) is 15.8. The molecule has 0 radical (unpaired) electrons. The lowest BCUT2D eigenvalue weighted by Crippen LogP contribution is -2.48. The SMILES string of the molecule is Cc1cc(=O)oc2cc(OCC(=O)N3CCN(C)CC3)ccc12. The van der Waals surface area contributed by atoms with Gasteiger partial charge >= 0.3 is 5.63 Å². The van der Waals surface area contributed by atoms with Crippen LogP contribution in [0.5, 0.6) is 5.75 Å². The zero-order valence-electron chi connectivity index (χ0n) is 13.4. The number of benzene rings is 1. The summed E-state index contributed by atoms with van der Waals surface area (Å²) in [6, 6.07) is 6.73. The predicted octanol–water partition coefficient (Wildman–Crippen LogP) is 1.25. The number of hydrogen-bond acceptors (Lipinski definition) is 5. The molecule has 1 aromatic heterocycles. The minimum absolute atomic E-state index is 0.00866. The van der Waals surface area contributed by atoms with E-state index in [9.17, 15) is 9.59 Å². The minimum atomic E-state index is -0.388. The van der Waals surface area contributed by atoms with Crippen molar-refractivity contribution in [2.75, 3.05) is 39.8 Å². The highest BCUT2D eigenvalue weighted by atomic mass is 16.5. The number of aryl methyl sites for hydroxylation is 1. The molecule has 1 aromatic carbocycles. The van der Waals surface area contributed by atoms with E-state index in [1.165, 1.54) is 6.07 Å². The molecule has 1 aliphatic rings. The number of ether oxygens (including phenoxy) is 1. The summed E-state index contributed by atoms with van der Waals surface area (Å²) in [4.78, 5) is 27.6. The van der Waals surface area contributed by atoms with Gasteiger partial charge in [-0.15, -0.1) is 0 Å². The molecule has 0 spiro atoms. The third kappa shape index (κ3) is 3.53. The van der Waals surface area contributed by atoms with Gasteiger partial charge in [-0.1, -0.05) is 0 Å². The van der Waals surface area contributed by atoms with E-state index < -0.39 is 0 Å². The summed E-state index contributed by atoms with van der Waals surface area (Å²) in [5.74, 6) is 0.498. The van der Waals surface area contributed by atoms with Gasteiger partial charge in [-0.3, -0.25) is 4.79 Å². The Balaban J connectivity index is 1.67. The summed E-state index contributed by atoms with van der Waals surface area (Å²) in [5, 5.41) is 0.863. The Morgan fingerprint density at radius 2 is 1.96 bits per heavy atom. The van der Waals surface area contributed by atoms with Crippen molar-refractivity contribution in [2.24, 2.45) is 0 Å². The van der Waals surface area contributed by atoms with Gasteiger partial charge in [0.15, 0.2) is 6.61 Å². The Morgan fingerprint density at radius 1 is 1.22 bits per heavy atom. The highest BCUT2D eigenvalue weighted by Gasteiger charge is 2.19. The molecule has 3 rings (SSSR count). The van der Waals surface area contributed by atoms with Crippen molar-refractivity contribution >= 4 is 16.9 Å². The van der Waals surface area contributed by atoms with Crippen molar-refractivity contribution in [3.63, 3.8) is 0 Å². The van der Waals surface area contributed by atoms with Gasteiger partial charge < -0.3 is 19.0 Å². The van der Waals surface area contributed by atoms with Crippen LogP contribution in [0.4, 0.5) is 0 Å². The highest BCUT2D eigenvalue weighted by molar-refractivity contribution is 5.81. The molecule has 122 valence electrons. The summed E-state index contributed by atoms with van der Waals surface area (Å²) in [6.07, 6.45) is 0. The third-order valence-corrected chi connectivity index (χ3v) is 4.14. The summed E-state index contributed by atoms with van der Waals surface area (Å²) in [6.45, 7) is 5.06. The second-order valence-electron chi connectivity index (χ2n) is 5.88. The first-order valence-electron chi connectivity index (χ1n) is 7.66. The standard InChI is InChI=1S/C17H20N2O4/c1-12-9-17(21)23-15-10-13(3-4-14(12)15)22-11-16(20)19-7-5-18(2)6-8-19/h3-4,9-10H,5-8,11H2,1-2H3. The summed E-state index contributed by atoms with van der Waals surface area (Å²) in [7, 11) is 2.04. The molecule has 23 heavy (non-hydrogen) atoms. The Labute approximate surface area is 134 Å². The molecule has 1 amide bonds. The summed E-state index contributed by atoms with van der Waals surface area (Å²) >= 11 is 0. The van der Waals surface area contributed by atoms with Gasteiger partial charge in [-0.25, -0.2) is 4.79 Å². The van der Waals surface area contributed by atoms with E-state index in [1.54, 1.807) is 12.1 Å². The fraction of sp³-hybridized carbons (Fsp3) is 0.412. The van der Waals surface area contributed by atoms with Gasteiger partial charge in [-0.2, -0.15) is 0 Å². The monoisotopic (exact) mass is 316 g/mol. The number of carbonyl (C=O) groups excluding carboxylic acids is 1. The van der Waals surface area contributed by atoms with Crippen molar-refractivity contribution in [1.29, 1.82) is 0 Å². The number of likely N-dealkylation sites (N-methyl/N-ethyl adjacent to an activating group) is 1. The largest absolute Gasteiger partial charge is 0.484 e. The molecular formula is C17H20N2O4. The van der Waals surface area contributed by atoms with E-state index in [-0.39, 0.29) is 18.1 Å². The number of carbonyl (C=O) groups is 1. The number of rotatable bonds is 3. The lowest BCUT2D eigenvalue weighted by atomic mass is 10.1. The number of piperazine rings is 1. The fourth-order valence-electron chi connectivity index (χ4n) is 2.69. The fourth-order valence-corrected chi connectivity index (χ4v) is 2.69. The van der Waals surface area contributed by atoms with Crippen LogP contribution in [0.25, 0.3) is 11.0 Å². The maximum absolute atomic E-state index is 12.2. The second-order valence-corrected chi connectivity index (χ2v) is 5.88. The van der Waals surface area contributed by atoms with Crippen LogP contribution in [-0.4, -0.2) is 55.5 Å². The van der Waals surface area contributed by atoms with Gasteiger partial charge in [0.1, 0.15) is 11.3 Å². The smallest absolute Gasteiger partial charge is 0.336 e. The van der Waals surface area contributed by atoms with Gasteiger partial charge in [0.25, 0.3) is 5.91 Å². The molecular weight excluding hydrogens is 296 g/mol. The maximum atomic E-state index is 12.2. The van der Waals surface area contributed by atoms with Gasteiger partial charge in [-0.05, 0) is 31.7 Å². The van der Waals surface area contributed by atoms with Crippen molar-refractivity contribution in [3.05, 3.63) is 40.2 Å². The van der Waals surface area contributed by atoms with Crippen LogP contribution < -0.4 is 10.4 Å². The van der Waals surface area contributed by atoms with Gasteiger partial charge in [0.05, 0.1) is 0 Å². The minimum Gasteiger partial charge on any atom is -0.484 e. The van der Waals surface area contributed by atoms with Gasteiger partial charge in [0.2, 0.25) is 0 Å². The first-order chi connectivity index (χ1) is 11.0. The van der Waals surface area contributed by atoms with Crippen LogP contribution in [0, 0.1) is 6.92 Å². The maximum Gasteiger partial charge on any atom is 0.336 e. The second kappa shape index (κ2) is 6.42. The Kier molecular flexibility index (Phi) is 4.34. The Morgan fingerprint density at radius 3 is 2.70 bits per heavy atom.